The maximum atomic E-state index is 10.8. The Hall–Kier alpha value is -0.980. The predicted octanol–water partition coefficient (Wildman–Crippen LogP) is 3.47. The molecular weight excluding hydrogens is 289 g/mol. The molecule has 0 radical (unpaired) electrons. The summed E-state index contributed by atoms with van der Waals surface area (Å²) in [4.78, 5) is 20.8. The lowest BCUT2D eigenvalue weighted by Gasteiger charge is -2.03. The van der Waals surface area contributed by atoms with E-state index in [9.17, 15) is 14.9 Å². The Morgan fingerprint density at radius 2 is 2.00 bits per heavy atom. The fourth-order valence-corrected chi connectivity index (χ4v) is 2.39. The van der Waals surface area contributed by atoms with Gasteiger partial charge in [0, 0.05) is 11.8 Å². The molecule has 1 aromatic carbocycles. The number of thioether (sulfide) groups is 1. The Bertz CT molecular complexity index is 467. The number of carbonyl (C=O) groups is 1. The van der Waals surface area contributed by atoms with Crippen molar-refractivity contribution in [3.05, 3.63) is 32.3 Å². The van der Waals surface area contributed by atoms with Crippen LogP contribution in [0.4, 0.5) is 5.69 Å². The second kappa shape index (κ2) is 6.09. The van der Waals surface area contributed by atoms with E-state index in [0.717, 1.165) is 17.8 Å². The van der Waals surface area contributed by atoms with Crippen molar-refractivity contribution in [1.29, 1.82) is 0 Å². The molecule has 1 N–H and O–H groups in total. The Balaban J connectivity index is 2.92. The van der Waals surface area contributed by atoms with Crippen LogP contribution in [0.2, 0.25) is 10.0 Å². The molecule has 0 amide bonds. The van der Waals surface area contributed by atoms with Gasteiger partial charge < -0.3 is 5.11 Å². The molecule has 0 atom stereocenters. The molecule has 1 rings (SSSR count). The third-order valence-corrected chi connectivity index (χ3v) is 3.54. The highest BCUT2D eigenvalue weighted by Gasteiger charge is 2.17. The van der Waals surface area contributed by atoms with Crippen LogP contribution >= 0.6 is 35.0 Å². The van der Waals surface area contributed by atoms with E-state index in [1.807, 2.05) is 0 Å². The lowest BCUT2D eigenvalue weighted by molar-refractivity contribution is -0.387. The highest BCUT2D eigenvalue weighted by atomic mass is 35.5. The summed E-state index contributed by atoms with van der Waals surface area (Å²) in [6.07, 6.45) is -0.0813. The number of nitro benzene ring substituents is 1. The highest BCUT2D eigenvalue weighted by Crippen LogP contribution is 2.36. The minimum absolute atomic E-state index is 0.0813. The van der Waals surface area contributed by atoms with E-state index in [2.05, 4.69) is 0 Å². The number of nitrogens with zero attached hydrogens (tertiary/aromatic N) is 1. The summed E-state index contributed by atoms with van der Waals surface area (Å²) >= 11 is 12.5. The number of carboxylic acids is 1. The smallest absolute Gasteiger partial charge is 0.304 e. The first kappa shape index (κ1) is 14.1. The average Bonchev–Trinajstić information content (AvgIpc) is 2.22. The average molecular weight is 296 g/mol. The zero-order chi connectivity index (χ0) is 13.0. The van der Waals surface area contributed by atoms with Crippen LogP contribution in [0.5, 0.6) is 0 Å². The third-order valence-electron chi connectivity index (χ3n) is 1.77. The second-order valence-electron chi connectivity index (χ2n) is 2.98. The Kier molecular flexibility index (Phi) is 5.04. The molecule has 1 aromatic rings. The molecule has 0 spiro atoms. The van der Waals surface area contributed by atoms with Gasteiger partial charge in [-0.05, 0) is 6.07 Å². The van der Waals surface area contributed by atoms with Crippen molar-refractivity contribution in [3.63, 3.8) is 0 Å². The van der Waals surface area contributed by atoms with Gasteiger partial charge in [0.1, 0.15) is 0 Å². The molecular formula is C9H7Cl2NO4S. The lowest BCUT2D eigenvalue weighted by Crippen LogP contribution is -1.97. The van der Waals surface area contributed by atoms with Crippen LogP contribution in [0.25, 0.3) is 0 Å². The van der Waals surface area contributed by atoms with Gasteiger partial charge in [0.25, 0.3) is 5.69 Å². The summed E-state index contributed by atoms with van der Waals surface area (Å²) in [5, 5.41) is 19.5. The molecule has 0 fully saturated rings. The van der Waals surface area contributed by atoms with E-state index in [1.54, 1.807) is 0 Å². The topological polar surface area (TPSA) is 80.4 Å². The maximum absolute atomic E-state index is 10.8. The van der Waals surface area contributed by atoms with Crippen LogP contribution in [-0.4, -0.2) is 21.8 Å². The number of aliphatic carboxylic acids is 1. The van der Waals surface area contributed by atoms with Crippen LogP contribution in [0, 0.1) is 10.1 Å². The van der Waals surface area contributed by atoms with Crippen molar-refractivity contribution < 1.29 is 14.8 Å². The molecule has 0 aliphatic heterocycles. The second-order valence-corrected chi connectivity index (χ2v) is 4.93. The third kappa shape index (κ3) is 4.07. The molecule has 5 nitrogen and oxygen atoms in total. The van der Waals surface area contributed by atoms with Crippen LogP contribution in [0.3, 0.4) is 0 Å². The van der Waals surface area contributed by atoms with Crippen LogP contribution in [-0.2, 0) is 4.79 Å². The molecule has 92 valence electrons. The summed E-state index contributed by atoms with van der Waals surface area (Å²) in [6.45, 7) is 0. The summed E-state index contributed by atoms with van der Waals surface area (Å²) in [5.41, 5.74) is -0.171. The summed E-state index contributed by atoms with van der Waals surface area (Å²) in [5.74, 6) is -0.728. The standard InChI is InChI=1S/C9H7Cl2NO4S/c10-5-3-7(12(15)16)8(4-6(5)11)17-2-1-9(13)14/h3-4H,1-2H2,(H,13,14). The summed E-state index contributed by atoms with van der Waals surface area (Å²) in [6, 6.07) is 2.53. The van der Waals surface area contributed by atoms with Crippen molar-refractivity contribution >= 4 is 46.6 Å². The van der Waals surface area contributed by atoms with E-state index in [0.29, 0.717) is 4.90 Å². The van der Waals surface area contributed by atoms with Crippen molar-refractivity contribution in [2.75, 3.05) is 5.75 Å². The van der Waals surface area contributed by atoms with Crippen molar-refractivity contribution in [2.24, 2.45) is 0 Å². The van der Waals surface area contributed by atoms with E-state index in [-0.39, 0.29) is 27.9 Å². The number of halogens is 2. The lowest BCUT2D eigenvalue weighted by atomic mass is 10.3. The molecule has 17 heavy (non-hydrogen) atoms. The van der Waals surface area contributed by atoms with E-state index < -0.39 is 10.9 Å². The van der Waals surface area contributed by atoms with E-state index >= 15 is 0 Å². The molecule has 0 unspecified atom stereocenters. The molecule has 8 heteroatoms. The van der Waals surface area contributed by atoms with Gasteiger partial charge in [0.05, 0.1) is 26.3 Å². The Morgan fingerprint density at radius 1 is 1.41 bits per heavy atom. The van der Waals surface area contributed by atoms with Gasteiger partial charge in [-0.3, -0.25) is 14.9 Å². The zero-order valence-corrected chi connectivity index (χ0v) is 10.7. The van der Waals surface area contributed by atoms with Gasteiger partial charge in [-0.25, -0.2) is 0 Å². The van der Waals surface area contributed by atoms with E-state index in [4.69, 9.17) is 28.3 Å². The number of benzene rings is 1. The summed E-state index contributed by atoms with van der Waals surface area (Å²) in [7, 11) is 0. The van der Waals surface area contributed by atoms with Crippen molar-refractivity contribution in [1.82, 2.24) is 0 Å². The monoisotopic (exact) mass is 295 g/mol. The highest BCUT2D eigenvalue weighted by molar-refractivity contribution is 7.99. The first-order chi connectivity index (χ1) is 7.91. The van der Waals surface area contributed by atoms with Gasteiger partial charge in [0.2, 0.25) is 0 Å². The van der Waals surface area contributed by atoms with Crippen LogP contribution < -0.4 is 0 Å². The molecule has 0 saturated carbocycles. The van der Waals surface area contributed by atoms with Crippen LogP contribution in [0.15, 0.2) is 17.0 Å². The molecule has 0 aliphatic rings. The van der Waals surface area contributed by atoms with Gasteiger partial charge in [0.15, 0.2) is 0 Å². The number of rotatable bonds is 5. The molecule has 0 heterocycles. The Morgan fingerprint density at radius 3 is 2.53 bits per heavy atom. The largest absolute Gasteiger partial charge is 0.481 e. The molecule has 0 aliphatic carbocycles. The normalized spacial score (nSPS) is 10.2. The molecule has 0 bridgehead atoms. The quantitative estimate of drug-likeness (QED) is 0.511. The predicted molar refractivity (Wildman–Crippen MR) is 66.1 cm³/mol. The number of hydrogen-bond donors (Lipinski definition) is 1. The first-order valence-electron chi connectivity index (χ1n) is 4.40. The van der Waals surface area contributed by atoms with Crippen molar-refractivity contribution in [3.8, 4) is 0 Å². The SMILES string of the molecule is O=C(O)CCSc1cc(Cl)c(Cl)cc1[N+](=O)[O-]. The van der Waals surface area contributed by atoms with E-state index in [1.165, 1.54) is 6.07 Å². The Labute approximate surface area is 111 Å². The number of nitro groups is 1. The number of hydrogen-bond acceptors (Lipinski definition) is 4. The first-order valence-corrected chi connectivity index (χ1v) is 6.14. The minimum Gasteiger partial charge on any atom is -0.481 e. The minimum atomic E-state index is -0.958. The number of carboxylic acid groups (broad SMARTS) is 1. The van der Waals surface area contributed by atoms with Gasteiger partial charge >= 0.3 is 5.97 Å². The fourth-order valence-electron chi connectivity index (χ4n) is 1.02. The maximum Gasteiger partial charge on any atom is 0.304 e. The van der Waals surface area contributed by atoms with Crippen molar-refractivity contribution in [2.45, 2.75) is 11.3 Å². The van der Waals surface area contributed by atoms with Gasteiger partial charge in [-0.1, -0.05) is 23.2 Å². The molecule has 0 aromatic heterocycles. The zero-order valence-electron chi connectivity index (χ0n) is 8.35. The van der Waals surface area contributed by atoms with Gasteiger partial charge in [-0.15, -0.1) is 11.8 Å². The van der Waals surface area contributed by atoms with Crippen LogP contribution in [0.1, 0.15) is 6.42 Å². The molecule has 0 saturated heterocycles. The van der Waals surface area contributed by atoms with Gasteiger partial charge in [-0.2, -0.15) is 0 Å². The fraction of sp³-hybridized carbons (Fsp3) is 0.222. The summed E-state index contributed by atoms with van der Waals surface area (Å²) < 4.78 is 0.